The third kappa shape index (κ3) is 4.52. The van der Waals surface area contributed by atoms with Crippen molar-refractivity contribution in [3.63, 3.8) is 0 Å². The van der Waals surface area contributed by atoms with Crippen LogP contribution in [0.3, 0.4) is 0 Å². The number of ether oxygens (including phenoxy) is 1. The Morgan fingerprint density at radius 1 is 1.07 bits per heavy atom. The highest BCUT2D eigenvalue weighted by Crippen LogP contribution is 2.21. The van der Waals surface area contributed by atoms with Crippen LogP contribution >= 0.6 is 0 Å². The van der Waals surface area contributed by atoms with Crippen molar-refractivity contribution in [2.24, 2.45) is 0 Å². The second kappa shape index (κ2) is 8.68. The van der Waals surface area contributed by atoms with Crippen LogP contribution in [-0.2, 0) is 20.3 Å². The maximum atomic E-state index is 12.7. The van der Waals surface area contributed by atoms with Crippen molar-refractivity contribution in [2.45, 2.75) is 10.6 Å². The molecule has 0 radical (unpaired) electrons. The molecule has 1 aliphatic rings. The van der Waals surface area contributed by atoms with Gasteiger partial charge in [-0.05, 0) is 30.3 Å². The summed E-state index contributed by atoms with van der Waals surface area (Å²) in [6, 6.07) is 13.2. The second-order valence-electron chi connectivity index (χ2n) is 6.81. The fourth-order valence-electron chi connectivity index (χ4n) is 3.19. The second-order valence-corrected chi connectivity index (χ2v) is 8.80. The first kappa shape index (κ1) is 20.1. The van der Waals surface area contributed by atoms with E-state index in [0.29, 0.717) is 24.5 Å². The molecule has 8 nitrogen and oxygen atoms in total. The Hall–Kier alpha value is -3.17. The van der Waals surface area contributed by atoms with Crippen molar-refractivity contribution in [1.82, 2.24) is 4.98 Å². The summed E-state index contributed by atoms with van der Waals surface area (Å²) >= 11 is 0. The number of morpholine rings is 1. The summed E-state index contributed by atoms with van der Waals surface area (Å²) in [6.45, 7) is 2.86. The number of nitrogens with zero attached hydrogens (tertiary/aromatic N) is 2. The van der Waals surface area contributed by atoms with Crippen LogP contribution < -0.4 is 10.2 Å². The molecule has 4 rings (SSSR count). The smallest absolute Gasteiger partial charge is 0.291 e. The number of pyridine rings is 1. The average molecular weight is 427 g/mol. The van der Waals surface area contributed by atoms with Crippen molar-refractivity contribution in [1.29, 1.82) is 0 Å². The van der Waals surface area contributed by atoms with E-state index in [4.69, 9.17) is 9.15 Å². The molecule has 1 amide bonds. The predicted octanol–water partition coefficient (Wildman–Crippen LogP) is 2.74. The first-order valence-corrected chi connectivity index (χ1v) is 11.1. The van der Waals surface area contributed by atoms with E-state index < -0.39 is 15.7 Å². The summed E-state index contributed by atoms with van der Waals surface area (Å²) in [4.78, 5) is 19.3. The molecule has 1 N–H and O–H groups in total. The summed E-state index contributed by atoms with van der Waals surface area (Å²) in [5.41, 5.74) is 0.791. The normalized spacial score (nSPS) is 14.5. The summed E-state index contributed by atoms with van der Waals surface area (Å²) < 4.78 is 35.9. The minimum atomic E-state index is -3.60. The van der Waals surface area contributed by atoms with Gasteiger partial charge in [-0.3, -0.25) is 4.79 Å². The zero-order valence-corrected chi connectivity index (χ0v) is 17.0. The van der Waals surface area contributed by atoms with E-state index in [0.717, 1.165) is 18.9 Å². The highest BCUT2D eigenvalue weighted by Gasteiger charge is 2.22. The van der Waals surface area contributed by atoms with E-state index >= 15 is 0 Å². The Labute approximate surface area is 174 Å². The molecule has 1 fully saturated rings. The van der Waals surface area contributed by atoms with E-state index in [-0.39, 0.29) is 16.4 Å². The molecule has 2 aromatic heterocycles. The lowest BCUT2D eigenvalue weighted by Gasteiger charge is -2.27. The molecule has 0 atom stereocenters. The lowest BCUT2D eigenvalue weighted by molar-refractivity contribution is 0.0995. The number of amides is 1. The molecule has 0 unspecified atom stereocenters. The number of anilines is 2. The van der Waals surface area contributed by atoms with Gasteiger partial charge in [0.15, 0.2) is 15.6 Å². The minimum Gasteiger partial charge on any atom is -0.459 e. The Balaban J connectivity index is 1.45. The van der Waals surface area contributed by atoms with Crippen molar-refractivity contribution >= 4 is 27.2 Å². The van der Waals surface area contributed by atoms with E-state index in [2.05, 4.69) is 15.2 Å². The Bertz CT molecular complexity index is 1110. The van der Waals surface area contributed by atoms with Gasteiger partial charge in [0.2, 0.25) is 0 Å². The summed E-state index contributed by atoms with van der Waals surface area (Å²) in [5, 5.41) is 2.71. The number of carbonyl (C=O) groups is 1. The van der Waals surface area contributed by atoms with Gasteiger partial charge in [0.05, 0.1) is 42.0 Å². The fourth-order valence-corrected chi connectivity index (χ4v) is 4.57. The molecule has 156 valence electrons. The first-order chi connectivity index (χ1) is 14.5. The number of rotatable bonds is 6. The third-order valence-electron chi connectivity index (χ3n) is 4.74. The average Bonchev–Trinajstić information content (AvgIpc) is 3.23. The highest BCUT2D eigenvalue weighted by molar-refractivity contribution is 7.90. The van der Waals surface area contributed by atoms with Gasteiger partial charge in [-0.25, -0.2) is 13.4 Å². The number of hydrogen-bond donors (Lipinski definition) is 1. The van der Waals surface area contributed by atoms with E-state index in [1.165, 1.54) is 24.5 Å². The van der Waals surface area contributed by atoms with Crippen molar-refractivity contribution in [3.05, 3.63) is 72.3 Å². The summed E-state index contributed by atoms with van der Waals surface area (Å²) in [5.74, 6) is -0.0836. The van der Waals surface area contributed by atoms with Crippen LogP contribution in [0.15, 0.2) is 70.3 Å². The molecule has 3 heterocycles. The number of carbonyl (C=O) groups excluding carboxylic acids is 1. The SMILES string of the molecule is O=C(Nc1ccc(N2CCOCC2)nc1)c1occc1CS(=O)(=O)c1ccccc1. The van der Waals surface area contributed by atoms with Gasteiger partial charge in [0, 0.05) is 18.7 Å². The van der Waals surface area contributed by atoms with Crippen LogP contribution in [0.2, 0.25) is 0 Å². The minimum absolute atomic E-state index is 0.0354. The molecular formula is C21H21N3O5S. The maximum Gasteiger partial charge on any atom is 0.291 e. The van der Waals surface area contributed by atoms with Gasteiger partial charge in [-0.1, -0.05) is 18.2 Å². The Morgan fingerprint density at radius 3 is 2.53 bits per heavy atom. The largest absolute Gasteiger partial charge is 0.459 e. The van der Waals surface area contributed by atoms with Crippen LogP contribution in [0.1, 0.15) is 16.1 Å². The summed E-state index contributed by atoms with van der Waals surface area (Å²) in [6.07, 6.45) is 2.87. The first-order valence-electron chi connectivity index (χ1n) is 9.47. The van der Waals surface area contributed by atoms with Gasteiger partial charge in [-0.2, -0.15) is 0 Å². The zero-order valence-electron chi connectivity index (χ0n) is 16.2. The molecule has 30 heavy (non-hydrogen) atoms. The molecule has 0 bridgehead atoms. The molecule has 0 aliphatic carbocycles. The molecular weight excluding hydrogens is 406 g/mol. The lowest BCUT2D eigenvalue weighted by atomic mass is 10.2. The van der Waals surface area contributed by atoms with Crippen LogP contribution in [0.25, 0.3) is 0 Å². The van der Waals surface area contributed by atoms with E-state index in [1.54, 1.807) is 30.5 Å². The molecule has 9 heteroatoms. The number of aromatic nitrogens is 1. The number of hydrogen-bond acceptors (Lipinski definition) is 7. The molecule has 1 aromatic carbocycles. The van der Waals surface area contributed by atoms with Crippen LogP contribution in [0, 0.1) is 0 Å². The molecule has 0 spiro atoms. The highest BCUT2D eigenvalue weighted by atomic mass is 32.2. The van der Waals surface area contributed by atoms with Gasteiger partial charge in [0.25, 0.3) is 5.91 Å². The number of benzene rings is 1. The van der Waals surface area contributed by atoms with Gasteiger partial charge < -0.3 is 19.4 Å². The summed E-state index contributed by atoms with van der Waals surface area (Å²) in [7, 11) is -3.60. The Kier molecular flexibility index (Phi) is 5.82. The van der Waals surface area contributed by atoms with Crippen molar-refractivity contribution in [3.8, 4) is 0 Å². The number of sulfone groups is 1. The van der Waals surface area contributed by atoms with Gasteiger partial charge in [0.1, 0.15) is 5.82 Å². The van der Waals surface area contributed by atoms with E-state index in [9.17, 15) is 13.2 Å². The lowest BCUT2D eigenvalue weighted by Crippen LogP contribution is -2.36. The van der Waals surface area contributed by atoms with E-state index in [1.807, 2.05) is 6.07 Å². The van der Waals surface area contributed by atoms with Crippen molar-refractivity contribution < 1.29 is 22.4 Å². The van der Waals surface area contributed by atoms with Gasteiger partial charge in [-0.15, -0.1) is 0 Å². The number of furan rings is 1. The third-order valence-corrected chi connectivity index (χ3v) is 6.42. The fraction of sp³-hybridized carbons (Fsp3) is 0.238. The monoisotopic (exact) mass is 427 g/mol. The van der Waals surface area contributed by atoms with Crippen LogP contribution in [-0.4, -0.2) is 45.6 Å². The van der Waals surface area contributed by atoms with Gasteiger partial charge >= 0.3 is 0 Å². The van der Waals surface area contributed by atoms with Crippen molar-refractivity contribution in [2.75, 3.05) is 36.5 Å². The van der Waals surface area contributed by atoms with Crippen LogP contribution in [0.4, 0.5) is 11.5 Å². The molecule has 0 saturated carbocycles. The quantitative estimate of drug-likeness (QED) is 0.645. The standard InChI is InChI=1S/C21H21N3O5S/c25-21(23-17-6-7-19(22-14-17)24-9-12-28-13-10-24)20-16(8-11-29-20)15-30(26,27)18-4-2-1-3-5-18/h1-8,11,14H,9-10,12-13,15H2,(H,23,25). The number of nitrogens with one attached hydrogen (secondary N) is 1. The Morgan fingerprint density at radius 2 is 1.83 bits per heavy atom. The van der Waals surface area contributed by atoms with Crippen LogP contribution in [0.5, 0.6) is 0 Å². The topological polar surface area (TPSA) is 102 Å². The predicted molar refractivity (Wildman–Crippen MR) is 111 cm³/mol. The molecule has 3 aromatic rings. The maximum absolute atomic E-state index is 12.7. The zero-order chi connectivity index (χ0) is 21.0. The molecule has 1 aliphatic heterocycles. The molecule has 1 saturated heterocycles.